The minimum atomic E-state index is -1.21. The fourth-order valence-corrected chi connectivity index (χ4v) is 0.344. The van der Waals surface area contributed by atoms with Crippen molar-refractivity contribution in [2.75, 3.05) is 7.05 Å². The van der Waals surface area contributed by atoms with Crippen molar-refractivity contribution in [3.05, 3.63) is 0 Å². The van der Waals surface area contributed by atoms with Crippen LogP contribution in [0.15, 0.2) is 0 Å². The molecule has 52 valence electrons. The summed E-state index contributed by atoms with van der Waals surface area (Å²) in [6.07, 6.45) is -0.982. The van der Waals surface area contributed by atoms with Gasteiger partial charge in [0, 0.05) is 13.5 Å². The largest absolute Gasteiger partial charge is 0.465 e. The highest BCUT2D eigenvalue weighted by atomic mass is 16.4. The minimum absolute atomic E-state index is 0.225. The molecule has 0 saturated heterocycles. The number of nitrogens with zero attached hydrogens (tertiary/aromatic N) is 1. The van der Waals surface area contributed by atoms with E-state index in [1.54, 1.807) is 6.92 Å². The Hall–Kier alpha value is -1.06. The van der Waals surface area contributed by atoms with Crippen molar-refractivity contribution in [3.8, 4) is 0 Å². The first-order valence-electron chi connectivity index (χ1n) is 2.59. The molecule has 4 nitrogen and oxygen atoms in total. The van der Waals surface area contributed by atoms with Crippen molar-refractivity contribution >= 4 is 12.0 Å². The standard InChI is InChI=1S/C5H9NO3/c1-3-4(7)6(2)5(8)9/h3H2,1-2H3,(H,8,9). The molecule has 0 atom stereocenters. The highest BCUT2D eigenvalue weighted by molar-refractivity contribution is 5.90. The van der Waals surface area contributed by atoms with Gasteiger partial charge in [-0.2, -0.15) is 0 Å². The molecule has 9 heavy (non-hydrogen) atoms. The van der Waals surface area contributed by atoms with Gasteiger partial charge in [-0.3, -0.25) is 9.69 Å². The smallest absolute Gasteiger partial charge is 0.413 e. The molecule has 0 bridgehead atoms. The summed E-state index contributed by atoms with van der Waals surface area (Å²) in [4.78, 5) is 21.2. The Morgan fingerprint density at radius 2 is 2.00 bits per heavy atom. The van der Waals surface area contributed by atoms with Gasteiger partial charge >= 0.3 is 6.09 Å². The monoisotopic (exact) mass is 131 g/mol. The molecule has 0 rings (SSSR count). The van der Waals surface area contributed by atoms with Crippen LogP contribution in [0.5, 0.6) is 0 Å². The Bertz CT molecular complexity index is 132. The van der Waals surface area contributed by atoms with E-state index >= 15 is 0 Å². The minimum Gasteiger partial charge on any atom is -0.465 e. The molecule has 0 aliphatic rings. The quantitative estimate of drug-likeness (QED) is 0.564. The van der Waals surface area contributed by atoms with Gasteiger partial charge < -0.3 is 5.11 Å². The Morgan fingerprint density at radius 3 is 2.11 bits per heavy atom. The van der Waals surface area contributed by atoms with Crippen molar-refractivity contribution in [1.29, 1.82) is 0 Å². The topological polar surface area (TPSA) is 57.6 Å². The average molecular weight is 131 g/mol. The van der Waals surface area contributed by atoms with Crippen LogP contribution in [0.25, 0.3) is 0 Å². The number of rotatable bonds is 1. The Morgan fingerprint density at radius 1 is 1.56 bits per heavy atom. The van der Waals surface area contributed by atoms with Gasteiger partial charge in [-0.15, -0.1) is 0 Å². The van der Waals surface area contributed by atoms with E-state index in [4.69, 9.17) is 5.11 Å². The molecular weight excluding hydrogens is 122 g/mol. The van der Waals surface area contributed by atoms with Gasteiger partial charge in [0.1, 0.15) is 0 Å². The van der Waals surface area contributed by atoms with E-state index in [-0.39, 0.29) is 12.3 Å². The molecule has 0 aliphatic carbocycles. The number of hydrogen-bond acceptors (Lipinski definition) is 2. The van der Waals surface area contributed by atoms with Gasteiger partial charge in [-0.25, -0.2) is 4.79 Å². The number of hydrogen-bond donors (Lipinski definition) is 1. The van der Waals surface area contributed by atoms with E-state index in [9.17, 15) is 9.59 Å². The van der Waals surface area contributed by atoms with Gasteiger partial charge in [0.25, 0.3) is 0 Å². The van der Waals surface area contributed by atoms with E-state index in [1.807, 2.05) is 0 Å². The maximum absolute atomic E-state index is 10.5. The first kappa shape index (κ1) is 7.94. The van der Waals surface area contributed by atoms with Crippen molar-refractivity contribution in [1.82, 2.24) is 4.90 Å². The Kier molecular flexibility index (Phi) is 2.70. The molecule has 0 spiro atoms. The van der Waals surface area contributed by atoms with Gasteiger partial charge in [-0.05, 0) is 0 Å². The fourth-order valence-electron chi connectivity index (χ4n) is 0.344. The third-order valence-corrected chi connectivity index (χ3v) is 0.963. The molecule has 1 N–H and O–H groups in total. The number of imide groups is 1. The van der Waals surface area contributed by atoms with Gasteiger partial charge in [0.2, 0.25) is 5.91 Å². The maximum Gasteiger partial charge on any atom is 0.413 e. The van der Waals surface area contributed by atoms with Crippen LogP contribution in [0.3, 0.4) is 0 Å². The summed E-state index contributed by atoms with van der Waals surface area (Å²) in [7, 11) is 1.23. The second-order valence-electron chi connectivity index (χ2n) is 1.59. The predicted molar refractivity (Wildman–Crippen MR) is 31.1 cm³/mol. The van der Waals surface area contributed by atoms with E-state index in [2.05, 4.69) is 0 Å². The summed E-state index contributed by atoms with van der Waals surface area (Å²) < 4.78 is 0. The van der Waals surface area contributed by atoms with Crippen LogP contribution >= 0.6 is 0 Å². The molecule has 0 aromatic rings. The van der Waals surface area contributed by atoms with Crippen molar-refractivity contribution in [3.63, 3.8) is 0 Å². The van der Waals surface area contributed by atoms with Gasteiger partial charge in [0.05, 0.1) is 0 Å². The molecule has 4 heteroatoms. The third-order valence-electron chi connectivity index (χ3n) is 0.963. The number of carbonyl (C=O) groups is 2. The molecule has 0 aromatic carbocycles. The lowest BCUT2D eigenvalue weighted by Gasteiger charge is -2.07. The first-order chi connectivity index (χ1) is 4.09. The average Bonchev–Trinajstić information content (AvgIpc) is 1.84. The predicted octanol–water partition coefficient (Wildman–Crippen LogP) is 0.533. The van der Waals surface area contributed by atoms with E-state index in [1.165, 1.54) is 7.05 Å². The van der Waals surface area contributed by atoms with Crippen LogP contribution in [0, 0.1) is 0 Å². The van der Waals surface area contributed by atoms with Crippen LogP contribution in [-0.2, 0) is 4.79 Å². The molecule has 0 aliphatic heterocycles. The zero-order chi connectivity index (χ0) is 7.44. The summed E-state index contributed by atoms with van der Waals surface area (Å²) in [5, 5.41) is 8.19. The first-order valence-corrected chi connectivity index (χ1v) is 2.59. The molecule has 2 amide bonds. The highest BCUT2D eigenvalue weighted by Gasteiger charge is 2.11. The van der Waals surface area contributed by atoms with Gasteiger partial charge in [-0.1, -0.05) is 6.92 Å². The molecule has 0 radical (unpaired) electrons. The number of carboxylic acid groups (broad SMARTS) is 1. The normalized spacial score (nSPS) is 8.67. The van der Waals surface area contributed by atoms with E-state index in [0.717, 1.165) is 0 Å². The van der Waals surface area contributed by atoms with Crippen molar-refractivity contribution < 1.29 is 14.7 Å². The van der Waals surface area contributed by atoms with Crippen LogP contribution in [0.4, 0.5) is 4.79 Å². The lowest BCUT2D eigenvalue weighted by atomic mass is 10.4. The van der Waals surface area contributed by atoms with E-state index < -0.39 is 6.09 Å². The van der Waals surface area contributed by atoms with Crippen LogP contribution in [0.1, 0.15) is 13.3 Å². The van der Waals surface area contributed by atoms with Gasteiger partial charge in [0.15, 0.2) is 0 Å². The zero-order valence-electron chi connectivity index (χ0n) is 5.42. The van der Waals surface area contributed by atoms with Crippen LogP contribution in [-0.4, -0.2) is 29.1 Å². The molecule has 0 fully saturated rings. The summed E-state index contributed by atoms with van der Waals surface area (Å²) in [5.41, 5.74) is 0. The second-order valence-corrected chi connectivity index (χ2v) is 1.59. The molecule has 0 saturated carbocycles. The molecular formula is C5H9NO3. The van der Waals surface area contributed by atoms with Crippen LogP contribution < -0.4 is 0 Å². The summed E-state index contributed by atoms with van der Waals surface area (Å²) >= 11 is 0. The number of amides is 2. The van der Waals surface area contributed by atoms with Crippen molar-refractivity contribution in [2.24, 2.45) is 0 Å². The number of carbonyl (C=O) groups excluding carboxylic acids is 1. The molecule has 0 unspecified atom stereocenters. The summed E-state index contributed by atoms with van der Waals surface area (Å²) in [5.74, 6) is -0.387. The lowest BCUT2D eigenvalue weighted by molar-refractivity contribution is -0.127. The van der Waals surface area contributed by atoms with E-state index in [0.29, 0.717) is 4.90 Å². The maximum atomic E-state index is 10.5. The lowest BCUT2D eigenvalue weighted by Crippen LogP contribution is -2.30. The zero-order valence-corrected chi connectivity index (χ0v) is 5.42. The van der Waals surface area contributed by atoms with Crippen molar-refractivity contribution in [2.45, 2.75) is 13.3 Å². The second kappa shape index (κ2) is 3.06. The summed E-state index contributed by atoms with van der Waals surface area (Å²) in [6, 6.07) is 0. The SMILES string of the molecule is CCC(=O)N(C)C(=O)O. The Labute approximate surface area is 53.1 Å². The van der Waals surface area contributed by atoms with Crippen LogP contribution in [0.2, 0.25) is 0 Å². The fraction of sp³-hybridized carbons (Fsp3) is 0.600. The highest BCUT2D eigenvalue weighted by Crippen LogP contribution is 1.88. The molecule has 0 aromatic heterocycles. The third kappa shape index (κ3) is 2.12. The Balaban J connectivity index is 3.88. The summed E-state index contributed by atoms with van der Waals surface area (Å²) in [6.45, 7) is 1.61. The molecule has 0 heterocycles.